The van der Waals surface area contributed by atoms with Crippen LogP contribution in [-0.2, 0) is 0 Å². The number of halogens is 1. The third-order valence-electron chi connectivity index (χ3n) is 1.85. The monoisotopic (exact) mass is 200 g/mol. The summed E-state index contributed by atoms with van der Waals surface area (Å²) in [5.74, 6) is 0.399. The van der Waals surface area contributed by atoms with Gasteiger partial charge in [-0.3, -0.25) is 0 Å². The van der Waals surface area contributed by atoms with E-state index in [1.54, 1.807) is 6.20 Å². The fourth-order valence-electron chi connectivity index (χ4n) is 0.711. The van der Waals surface area contributed by atoms with Crippen molar-refractivity contribution in [2.45, 2.75) is 32.8 Å². The molecule has 0 amide bonds. The van der Waals surface area contributed by atoms with Crippen LogP contribution in [0.15, 0.2) is 12.4 Å². The smallest absolute Gasteiger partial charge is 0.252 e. The van der Waals surface area contributed by atoms with E-state index in [0.717, 1.165) is 6.42 Å². The van der Waals surface area contributed by atoms with E-state index in [1.807, 2.05) is 20.8 Å². The molecule has 0 saturated carbocycles. The Bertz CT molecular complexity index is 289. The zero-order valence-electron chi connectivity index (χ0n) is 8.04. The van der Waals surface area contributed by atoms with Crippen molar-refractivity contribution in [3.8, 4) is 5.88 Å². The summed E-state index contributed by atoms with van der Waals surface area (Å²) in [5, 5.41) is 0.309. The van der Waals surface area contributed by atoms with E-state index in [9.17, 15) is 0 Å². The largest absolute Gasteiger partial charge is 0.469 e. The van der Waals surface area contributed by atoms with Gasteiger partial charge in [-0.05, 0) is 20.3 Å². The summed E-state index contributed by atoms with van der Waals surface area (Å²) in [6.07, 6.45) is 3.99. The molecule has 0 aromatic carbocycles. The standard InChI is InChI=1S/C9H13ClN2O/c1-4-9(2,3)13-8-7(10)11-5-6-12-8/h5-6H,4H2,1-3H3. The maximum absolute atomic E-state index is 5.79. The number of aromatic nitrogens is 2. The van der Waals surface area contributed by atoms with Crippen LogP contribution in [0.2, 0.25) is 5.15 Å². The highest BCUT2D eigenvalue weighted by molar-refractivity contribution is 6.30. The summed E-state index contributed by atoms with van der Waals surface area (Å²) in [7, 11) is 0. The summed E-state index contributed by atoms with van der Waals surface area (Å²) in [6, 6.07) is 0. The van der Waals surface area contributed by atoms with Gasteiger partial charge in [0.2, 0.25) is 0 Å². The molecule has 1 heterocycles. The molecular weight excluding hydrogens is 188 g/mol. The van der Waals surface area contributed by atoms with E-state index in [0.29, 0.717) is 11.0 Å². The van der Waals surface area contributed by atoms with E-state index < -0.39 is 0 Å². The Morgan fingerprint density at radius 3 is 2.54 bits per heavy atom. The Balaban J connectivity index is 2.80. The Labute approximate surface area is 83.1 Å². The van der Waals surface area contributed by atoms with Gasteiger partial charge >= 0.3 is 0 Å². The molecule has 0 atom stereocenters. The second-order valence-electron chi connectivity index (χ2n) is 3.37. The van der Waals surface area contributed by atoms with Crippen LogP contribution in [0.5, 0.6) is 5.88 Å². The number of hydrogen-bond donors (Lipinski definition) is 0. The lowest BCUT2D eigenvalue weighted by molar-refractivity contribution is 0.0986. The molecule has 0 aliphatic carbocycles. The van der Waals surface area contributed by atoms with Crippen molar-refractivity contribution < 1.29 is 4.74 Å². The van der Waals surface area contributed by atoms with E-state index in [2.05, 4.69) is 9.97 Å². The van der Waals surface area contributed by atoms with Crippen molar-refractivity contribution >= 4 is 11.6 Å². The second kappa shape index (κ2) is 3.92. The summed E-state index contributed by atoms with van der Waals surface area (Å²) in [5.41, 5.74) is -0.250. The molecule has 0 fully saturated rings. The number of rotatable bonds is 3. The molecule has 0 radical (unpaired) electrons. The average molecular weight is 201 g/mol. The molecule has 1 aromatic rings. The van der Waals surface area contributed by atoms with Gasteiger partial charge < -0.3 is 4.74 Å². The van der Waals surface area contributed by atoms with Gasteiger partial charge in [-0.15, -0.1) is 0 Å². The van der Waals surface area contributed by atoms with Gasteiger partial charge in [0.15, 0.2) is 5.15 Å². The molecule has 0 N–H and O–H groups in total. The molecule has 4 heteroatoms. The van der Waals surface area contributed by atoms with Gasteiger partial charge in [0, 0.05) is 12.4 Å². The van der Waals surface area contributed by atoms with Gasteiger partial charge in [0.25, 0.3) is 5.88 Å². The van der Waals surface area contributed by atoms with Gasteiger partial charge in [-0.25, -0.2) is 9.97 Å². The summed E-state index contributed by atoms with van der Waals surface area (Å²) < 4.78 is 5.58. The maximum atomic E-state index is 5.79. The molecule has 0 saturated heterocycles. The third kappa shape index (κ3) is 2.84. The number of ether oxygens (including phenoxy) is 1. The van der Waals surface area contributed by atoms with Crippen molar-refractivity contribution in [1.82, 2.24) is 9.97 Å². The van der Waals surface area contributed by atoms with Gasteiger partial charge in [-0.1, -0.05) is 18.5 Å². The molecule has 13 heavy (non-hydrogen) atoms. The van der Waals surface area contributed by atoms with Crippen LogP contribution in [0.4, 0.5) is 0 Å². The molecule has 3 nitrogen and oxygen atoms in total. The number of hydrogen-bond acceptors (Lipinski definition) is 3. The second-order valence-corrected chi connectivity index (χ2v) is 3.73. The minimum Gasteiger partial charge on any atom is -0.469 e. The third-order valence-corrected chi connectivity index (χ3v) is 2.11. The first-order valence-electron chi connectivity index (χ1n) is 4.20. The van der Waals surface area contributed by atoms with Crippen molar-refractivity contribution in [3.05, 3.63) is 17.5 Å². The van der Waals surface area contributed by atoms with Crippen LogP contribution in [0.1, 0.15) is 27.2 Å². The SMILES string of the molecule is CCC(C)(C)Oc1nccnc1Cl. The molecule has 0 aliphatic heterocycles. The molecule has 0 aliphatic rings. The Hall–Kier alpha value is -0.830. The van der Waals surface area contributed by atoms with Crippen molar-refractivity contribution in [1.29, 1.82) is 0 Å². The van der Waals surface area contributed by atoms with Crippen molar-refractivity contribution in [3.63, 3.8) is 0 Å². The fraction of sp³-hybridized carbons (Fsp3) is 0.556. The highest BCUT2D eigenvalue weighted by Gasteiger charge is 2.19. The van der Waals surface area contributed by atoms with Crippen LogP contribution in [0, 0.1) is 0 Å². The number of nitrogens with zero attached hydrogens (tertiary/aromatic N) is 2. The van der Waals surface area contributed by atoms with Crippen LogP contribution in [0.3, 0.4) is 0 Å². The molecule has 0 unspecified atom stereocenters. The first-order valence-corrected chi connectivity index (χ1v) is 4.58. The zero-order chi connectivity index (χ0) is 9.90. The van der Waals surface area contributed by atoms with Gasteiger partial charge in [0.1, 0.15) is 5.60 Å². The summed E-state index contributed by atoms with van der Waals surface area (Å²) >= 11 is 5.79. The quantitative estimate of drug-likeness (QED) is 0.753. The molecule has 72 valence electrons. The predicted octanol–water partition coefficient (Wildman–Crippen LogP) is 2.70. The van der Waals surface area contributed by atoms with Crippen molar-refractivity contribution in [2.24, 2.45) is 0 Å². The molecule has 1 rings (SSSR count). The minimum atomic E-state index is -0.250. The van der Waals surface area contributed by atoms with E-state index in [-0.39, 0.29) is 5.60 Å². The van der Waals surface area contributed by atoms with Crippen LogP contribution >= 0.6 is 11.6 Å². The Morgan fingerprint density at radius 1 is 1.38 bits per heavy atom. The van der Waals surface area contributed by atoms with Crippen LogP contribution in [-0.4, -0.2) is 15.6 Å². The molecule has 1 aromatic heterocycles. The topological polar surface area (TPSA) is 35.0 Å². The molecule has 0 spiro atoms. The van der Waals surface area contributed by atoms with Gasteiger partial charge in [-0.2, -0.15) is 0 Å². The minimum absolute atomic E-state index is 0.250. The Kier molecular flexibility index (Phi) is 3.09. The first kappa shape index (κ1) is 10.3. The lowest BCUT2D eigenvalue weighted by Gasteiger charge is -2.23. The zero-order valence-corrected chi connectivity index (χ0v) is 8.80. The predicted molar refractivity (Wildman–Crippen MR) is 52.0 cm³/mol. The van der Waals surface area contributed by atoms with Gasteiger partial charge in [0.05, 0.1) is 0 Å². The summed E-state index contributed by atoms with van der Waals surface area (Å²) in [6.45, 7) is 6.01. The van der Waals surface area contributed by atoms with Crippen molar-refractivity contribution in [2.75, 3.05) is 0 Å². The lowest BCUT2D eigenvalue weighted by atomic mass is 10.1. The molecule has 0 bridgehead atoms. The lowest BCUT2D eigenvalue weighted by Crippen LogP contribution is -2.27. The highest BCUT2D eigenvalue weighted by Crippen LogP contribution is 2.23. The average Bonchev–Trinajstić information content (AvgIpc) is 2.09. The Morgan fingerprint density at radius 2 is 2.00 bits per heavy atom. The normalized spacial score (nSPS) is 11.4. The van der Waals surface area contributed by atoms with Crippen LogP contribution < -0.4 is 4.74 Å². The van der Waals surface area contributed by atoms with E-state index in [4.69, 9.17) is 16.3 Å². The van der Waals surface area contributed by atoms with E-state index in [1.165, 1.54) is 6.20 Å². The van der Waals surface area contributed by atoms with Crippen LogP contribution in [0.25, 0.3) is 0 Å². The highest BCUT2D eigenvalue weighted by atomic mass is 35.5. The van der Waals surface area contributed by atoms with E-state index >= 15 is 0 Å². The fourth-order valence-corrected chi connectivity index (χ4v) is 0.854. The first-order chi connectivity index (χ1) is 6.05. The maximum Gasteiger partial charge on any atom is 0.252 e. The summed E-state index contributed by atoms with van der Waals surface area (Å²) in [4.78, 5) is 7.87. The molecular formula is C9H13ClN2O.